The van der Waals surface area contributed by atoms with Crippen molar-refractivity contribution in [1.82, 2.24) is 4.31 Å². The number of thiophene rings is 1. The summed E-state index contributed by atoms with van der Waals surface area (Å²) < 4.78 is 31.1. The highest BCUT2D eigenvalue weighted by Crippen LogP contribution is 2.27. The molecule has 1 aliphatic heterocycles. The van der Waals surface area contributed by atoms with E-state index >= 15 is 0 Å². The molecule has 0 aromatic carbocycles. The number of nitrogens with zero attached hydrogens (tertiary/aromatic N) is 1. The Morgan fingerprint density at radius 1 is 1.48 bits per heavy atom. The second-order valence-electron chi connectivity index (χ2n) is 5.24. The van der Waals surface area contributed by atoms with Gasteiger partial charge in [0.15, 0.2) is 0 Å². The minimum Gasteiger partial charge on any atom is -0.465 e. The molecule has 21 heavy (non-hydrogen) atoms. The van der Waals surface area contributed by atoms with E-state index in [2.05, 4.69) is 4.74 Å². The molecular formula is C13H20N2O4S2. The summed E-state index contributed by atoms with van der Waals surface area (Å²) in [6, 6.07) is 1.46. The topological polar surface area (TPSA) is 89.7 Å². The molecule has 0 spiro atoms. The lowest BCUT2D eigenvalue weighted by atomic mass is 9.92. The van der Waals surface area contributed by atoms with Gasteiger partial charge in [0.2, 0.25) is 10.0 Å². The van der Waals surface area contributed by atoms with E-state index in [1.54, 1.807) is 0 Å². The number of carbonyl (C=O) groups is 1. The lowest BCUT2D eigenvalue weighted by Gasteiger charge is -2.32. The predicted molar refractivity (Wildman–Crippen MR) is 80.8 cm³/mol. The molecule has 8 heteroatoms. The molecule has 2 rings (SSSR count). The minimum atomic E-state index is -3.54. The van der Waals surface area contributed by atoms with Gasteiger partial charge in [-0.3, -0.25) is 0 Å². The van der Waals surface area contributed by atoms with E-state index in [1.807, 2.05) is 6.92 Å². The maximum Gasteiger partial charge on any atom is 0.348 e. The van der Waals surface area contributed by atoms with Gasteiger partial charge in [-0.1, -0.05) is 0 Å². The Hall–Kier alpha value is -0.960. The zero-order valence-corrected chi connectivity index (χ0v) is 13.7. The maximum atomic E-state index is 12.5. The van der Waals surface area contributed by atoms with Crippen LogP contribution in [0.3, 0.4) is 0 Å². The molecule has 0 aliphatic carbocycles. The summed E-state index contributed by atoms with van der Waals surface area (Å²) in [5, 5.41) is 1.49. The van der Waals surface area contributed by atoms with Gasteiger partial charge in [-0.25, -0.2) is 13.2 Å². The van der Waals surface area contributed by atoms with Crippen LogP contribution in [0.15, 0.2) is 16.3 Å². The number of esters is 1. The molecule has 1 aliphatic rings. The Bertz CT molecular complexity index is 601. The fraction of sp³-hybridized carbons (Fsp3) is 0.615. The number of piperidine rings is 1. The number of carbonyl (C=O) groups excluding carboxylic acids is 1. The van der Waals surface area contributed by atoms with E-state index in [1.165, 1.54) is 22.9 Å². The highest BCUT2D eigenvalue weighted by atomic mass is 32.2. The molecule has 118 valence electrons. The fourth-order valence-corrected chi connectivity index (χ4v) is 5.10. The van der Waals surface area contributed by atoms with Crippen LogP contribution in [0.1, 0.15) is 29.4 Å². The molecule has 2 N–H and O–H groups in total. The maximum absolute atomic E-state index is 12.5. The largest absolute Gasteiger partial charge is 0.465 e. The van der Waals surface area contributed by atoms with Crippen LogP contribution in [0, 0.1) is 5.92 Å². The predicted octanol–water partition coefficient (Wildman–Crippen LogP) is 1.28. The molecule has 2 heterocycles. The van der Waals surface area contributed by atoms with Crippen molar-refractivity contribution in [3.05, 3.63) is 16.3 Å². The Balaban J connectivity index is 2.12. The molecule has 0 bridgehead atoms. The van der Waals surface area contributed by atoms with E-state index in [9.17, 15) is 13.2 Å². The summed E-state index contributed by atoms with van der Waals surface area (Å²) >= 11 is 1.08. The van der Waals surface area contributed by atoms with E-state index in [0.717, 1.165) is 24.2 Å². The number of ether oxygens (including phenoxy) is 1. The number of sulfonamides is 1. The highest BCUT2D eigenvalue weighted by Gasteiger charge is 2.31. The average Bonchev–Trinajstić information content (AvgIpc) is 2.97. The molecule has 1 aromatic heterocycles. The van der Waals surface area contributed by atoms with Crippen molar-refractivity contribution >= 4 is 27.3 Å². The normalized spacial score (nSPS) is 19.4. The Morgan fingerprint density at radius 3 is 2.62 bits per heavy atom. The van der Waals surface area contributed by atoms with Gasteiger partial charge in [0.05, 0.1) is 12.0 Å². The summed E-state index contributed by atoms with van der Waals surface area (Å²) in [6.07, 6.45) is 1.54. The van der Waals surface area contributed by atoms with E-state index < -0.39 is 16.0 Å². The second-order valence-corrected chi connectivity index (χ2v) is 8.09. The van der Waals surface area contributed by atoms with Crippen LogP contribution in [0.4, 0.5) is 0 Å². The lowest BCUT2D eigenvalue weighted by Crippen LogP contribution is -2.42. The van der Waals surface area contributed by atoms with Crippen molar-refractivity contribution in [1.29, 1.82) is 0 Å². The minimum absolute atomic E-state index is 0.0851. The Morgan fingerprint density at radius 2 is 2.10 bits per heavy atom. The molecule has 0 radical (unpaired) electrons. The van der Waals surface area contributed by atoms with Crippen molar-refractivity contribution in [2.45, 2.75) is 30.7 Å². The first-order valence-corrected chi connectivity index (χ1v) is 9.11. The van der Waals surface area contributed by atoms with Crippen LogP contribution in [0.25, 0.3) is 0 Å². The van der Waals surface area contributed by atoms with Gasteiger partial charge < -0.3 is 10.5 Å². The summed E-state index contributed by atoms with van der Waals surface area (Å²) in [5.41, 5.74) is 5.87. The molecule has 0 saturated carbocycles. The quantitative estimate of drug-likeness (QED) is 0.839. The third-order valence-corrected chi connectivity index (χ3v) is 6.78. The van der Waals surface area contributed by atoms with Gasteiger partial charge in [-0.2, -0.15) is 4.31 Å². The number of hydrogen-bond donors (Lipinski definition) is 1. The molecular weight excluding hydrogens is 312 g/mol. The molecule has 1 aromatic rings. The first-order chi connectivity index (χ1) is 9.86. The van der Waals surface area contributed by atoms with Crippen LogP contribution in [-0.2, 0) is 14.8 Å². The van der Waals surface area contributed by atoms with Crippen LogP contribution in [0.5, 0.6) is 0 Å². The third kappa shape index (κ3) is 3.45. The lowest BCUT2D eigenvalue weighted by molar-refractivity contribution is 0.0606. The number of rotatable bonds is 4. The molecule has 6 nitrogen and oxygen atoms in total. The average molecular weight is 332 g/mol. The molecule has 1 saturated heterocycles. The van der Waals surface area contributed by atoms with Gasteiger partial charge in [0.1, 0.15) is 4.88 Å². The van der Waals surface area contributed by atoms with Crippen LogP contribution >= 0.6 is 11.3 Å². The molecule has 1 atom stereocenters. The van der Waals surface area contributed by atoms with E-state index in [-0.39, 0.29) is 10.9 Å². The van der Waals surface area contributed by atoms with Crippen molar-refractivity contribution in [3.63, 3.8) is 0 Å². The van der Waals surface area contributed by atoms with Crippen molar-refractivity contribution in [2.75, 3.05) is 20.2 Å². The Labute approximate surface area is 128 Å². The zero-order chi connectivity index (χ0) is 15.6. The summed E-state index contributed by atoms with van der Waals surface area (Å²) in [5.74, 6) is -0.151. The van der Waals surface area contributed by atoms with Gasteiger partial charge in [-0.05, 0) is 31.7 Å². The standard InChI is InChI=1S/C13H20N2O4S2/c1-9(14)10-3-5-15(6-4-10)21(17,18)11-7-12(20-8-11)13(16)19-2/h7-10H,3-6,14H2,1-2H3. The second kappa shape index (κ2) is 6.43. The highest BCUT2D eigenvalue weighted by molar-refractivity contribution is 7.89. The monoisotopic (exact) mass is 332 g/mol. The van der Waals surface area contributed by atoms with E-state index in [0.29, 0.717) is 23.9 Å². The van der Waals surface area contributed by atoms with Gasteiger partial charge in [0.25, 0.3) is 0 Å². The van der Waals surface area contributed by atoms with Crippen LogP contribution in [0.2, 0.25) is 0 Å². The first-order valence-electron chi connectivity index (χ1n) is 6.79. The van der Waals surface area contributed by atoms with Gasteiger partial charge in [0, 0.05) is 24.5 Å². The molecule has 1 unspecified atom stereocenters. The first kappa shape index (κ1) is 16.4. The van der Waals surface area contributed by atoms with Gasteiger partial charge >= 0.3 is 5.97 Å². The summed E-state index contributed by atoms with van der Waals surface area (Å²) in [4.78, 5) is 11.9. The SMILES string of the molecule is COC(=O)c1cc(S(=O)(=O)N2CCC(C(C)N)CC2)cs1. The molecule has 0 amide bonds. The summed E-state index contributed by atoms with van der Waals surface area (Å²) in [6.45, 7) is 2.90. The van der Waals surface area contributed by atoms with Crippen LogP contribution < -0.4 is 5.73 Å². The molecule has 1 fully saturated rings. The van der Waals surface area contributed by atoms with Crippen LogP contribution in [-0.4, -0.2) is 44.9 Å². The number of methoxy groups -OCH3 is 1. The van der Waals surface area contributed by atoms with Crippen molar-refractivity contribution in [2.24, 2.45) is 11.7 Å². The fourth-order valence-electron chi connectivity index (χ4n) is 2.45. The van der Waals surface area contributed by atoms with E-state index in [4.69, 9.17) is 5.73 Å². The van der Waals surface area contributed by atoms with Gasteiger partial charge in [-0.15, -0.1) is 11.3 Å². The number of hydrogen-bond acceptors (Lipinski definition) is 6. The summed E-state index contributed by atoms with van der Waals surface area (Å²) in [7, 11) is -2.26. The smallest absolute Gasteiger partial charge is 0.348 e. The third-order valence-electron chi connectivity index (χ3n) is 3.84. The Kier molecular flexibility index (Phi) is 5.03. The van der Waals surface area contributed by atoms with Crippen molar-refractivity contribution in [3.8, 4) is 0 Å². The van der Waals surface area contributed by atoms with Crippen molar-refractivity contribution < 1.29 is 17.9 Å². The number of nitrogens with two attached hydrogens (primary N) is 1. The zero-order valence-electron chi connectivity index (χ0n) is 12.1.